The summed E-state index contributed by atoms with van der Waals surface area (Å²) in [6, 6.07) is 5.64. The predicted molar refractivity (Wildman–Crippen MR) is 114 cm³/mol. The van der Waals surface area contributed by atoms with E-state index < -0.39 is 0 Å². The summed E-state index contributed by atoms with van der Waals surface area (Å²) in [6.45, 7) is 10.4. The molecule has 2 atom stereocenters. The van der Waals surface area contributed by atoms with E-state index in [0.29, 0.717) is 44.4 Å². The van der Waals surface area contributed by atoms with Gasteiger partial charge in [-0.15, -0.1) is 0 Å². The number of thiocarbonyl (C=S) groups is 1. The summed E-state index contributed by atoms with van der Waals surface area (Å²) in [5, 5.41) is 0. The van der Waals surface area contributed by atoms with Gasteiger partial charge in [-0.25, -0.2) is 0 Å². The van der Waals surface area contributed by atoms with Crippen molar-refractivity contribution in [3.8, 4) is 11.5 Å². The Bertz CT molecular complexity index is 713. The second-order valence-corrected chi connectivity index (χ2v) is 7.73. The molecular formula is C21H30N2O5S. The number of carbonyl (C=O) groups excluding carboxylic acids is 1. The molecule has 1 aromatic rings. The zero-order chi connectivity index (χ0) is 20.8. The molecule has 0 saturated carbocycles. The van der Waals surface area contributed by atoms with Crippen molar-refractivity contribution in [1.82, 2.24) is 9.80 Å². The van der Waals surface area contributed by atoms with Crippen LogP contribution >= 0.6 is 12.2 Å². The standard InChI is InChI=1S/C21H30N2O5S/c1-4-26-19-11-17(21(29)23-12-15(2)28-16(3)13-23)5-6-18(19)27-14-20(24)22-7-9-25-10-8-22/h5-6,11,15-16H,4,7-10,12-14H2,1-3H3/t15-,16-/m0/s1. The summed E-state index contributed by atoms with van der Waals surface area (Å²) in [5.74, 6) is 1.09. The molecule has 0 N–H and O–H groups in total. The highest BCUT2D eigenvalue weighted by atomic mass is 32.1. The quantitative estimate of drug-likeness (QED) is 0.651. The van der Waals surface area contributed by atoms with E-state index in [9.17, 15) is 4.79 Å². The largest absolute Gasteiger partial charge is 0.490 e. The number of ether oxygens (including phenoxy) is 4. The molecule has 0 spiro atoms. The van der Waals surface area contributed by atoms with Crippen molar-refractivity contribution >= 4 is 23.1 Å². The van der Waals surface area contributed by atoms with E-state index in [4.69, 9.17) is 31.2 Å². The molecule has 0 aliphatic carbocycles. The second-order valence-electron chi connectivity index (χ2n) is 7.34. The van der Waals surface area contributed by atoms with Crippen molar-refractivity contribution in [3.05, 3.63) is 23.8 Å². The summed E-state index contributed by atoms with van der Waals surface area (Å²) >= 11 is 5.73. The SMILES string of the molecule is CCOc1cc(C(=S)N2C[C@H](C)O[C@@H](C)C2)ccc1OCC(=O)N1CCOCC1. The Labute approximate surface area is 177 Å². The monoisotopic (exact) mass is 422 g/mol. The van der Waals surface area contributed by atoms with Crippen molar-refractivity contribution in [3.63, 3.8) is 0 Å². The average Bonchev–Trinajstić information content (AvgIpc) is 2.72. The molecule has 2 aliphatic heterocycles. The van der Waals surface area contributed by atoms with Crippen molar-refractivity contribution in [2.24, 2.45) is 0 Å². The molecule has 0 radical (unpaired) electrons. The minimum absolute atomic E-state index is 0.0254. The fourth-order valence-electron chi connectivity index (χ4n) is 3.60. The molecular weight excluding hydrogens is 392 g/mol. The molecule has 2 fully saturated rings. The fraction of sp³-hybridized carbons (Fsp3) is 0.619. The summed E-state index contributed by atoms with van der Waals surface area (Å²) < 4.78 is 22.6. The molecule has 8 heteroatoms. The van der Waals surface area contributed by atoms with E-state index in [0.717, 1.165) is 23.6 Å². The van der Waals surface area contributed by atoms with E-state index in [2.05, 4.69) is 18.7 Å². The van der Waals surface area contributed by atoms with Crippen LogP contribution in [0.2, 0.25) is 0 Å². The minimum Gasteiger partial charge on any atom is -0.490 e. The highest BCUT2D eigenvalue weighted by Crippen LogP contribution is 2.30. The number of benzene rings is 1. The van der Waals surface area contributed by atoms with Gasteiger partial charge in [-0.05, 0) is 39.0 Å². The Hall–Kier alpha value is -1.90. The van der Waals surface area contributed by atoms with Gasteiger partial charge in [-0.2, -0.15) is 0 Å². The van der Waals surface area contributed by atoms with Crippen molar-refractivity contribution < 1.29 is 23.7 Å². The fourth-order valence-corrected chi connectivity index (χ4v) is 3.87. The van der Waals surface area contributed by atoms with Crippen LogP contribution < -0.4 is 9.47 Å². The van der Waals surface area contributed by atoms with E-state index in [1.807, 2.05) is 25.1 Å². The molecule has 0 unspecified atom stereocenters. The average molecular weight is 423 g/mol. The van der Waals surface area contributed by atoms with Crippen LogP contribution in [-0.4, -0.2) is 85.5 Å². The number of morpholine rings is 2. The normalized spacial score (nSPS) is 22.3. The van der Waals surface area contributed by atoms with Crippen LogP contribution in [0.3, 0.4) is 0 Å². The third kappa shape index (κ3) is 5.81. The maximum Gasteiger partial charge on any atom is 0.260 e. The van der Waals surface area contributed by atoms with Gasteiger partial charge in [-0.3, -0.25) is 4.79 Å². The minimum atomic E-state index is -0.0494. The Morgan fingerprint density at radius 3 is 2.45 bits per heavy atom. The van der Waals surface area contributed by atoms with Crippen LogP contribution in [0, 0.1) is 0 Å². The van der Waals surface area contributed by atoms with Crippen LogP contribution in [0.5, 0.6) is 11.5 Å². The second kappa shape index (κ2) is 10.2. The number of hydrogen-bond donors (Lipinski definition) is 0. The molecule has 1 aromatic carbocycles. The van der Waals surface area contributed by atoms with Gasteiger partial charge >= 0.3 is 0 Å². The van der Waals surface area contributed by atoms with E-state index in [1.165, 1.54) is 0 Å². The summed E-state index contributed by atoms with van der Waals surface area (Å²) in [5.41, 5.74) is 0.900. The molecule has 2 aliphatic rings. The number of nitrogens with zero attached hydrogens (tertiary/aromatic N) is 2. The van der Waals surface area contributed by atoms with Crippen molar-refractivity contribution in [2.45, 2.75) is 33.0 Å². The van der Waals surface area contributed by atoms with Gasteiger partial charge in [0.15, 0.2) is 18.1 Å². The lowest BCUT2D eigenvalue weighted by atomic mass is 10.1. The Kier molecular flexibility index (Phi) is 7.69. The highest BCUT2D eigenvalue weighted by molar-refractivity contribution is 7.80. The number of amides is 1. The zero-order valence-electron chi connectivity index (χ0n) is 17.4. The Balaban J connectivity index is 1.67. The molecule has 160 valence electrons. The van der Waals surface area contributed by atoms with Gasteiger partial charge in [0, 0.05) is 31.7 Å². The lowest BCUT2D eigenvalue weighted by Crippen LogP contribution is -2.47. The maximum absolute atomic E-state index is 12.3. The van der Waals surface area contributed by atoms with Gasteiger partial charge < -0.3 is 28.7 Å². The summed E-state index contributed by atoms with van der Waals surface area (Å²) in [4.78, 5) is 17.0. The lowest BCUT2D eigenvalue weighted by Gasteiger charge is -2.37. The first kappa shape index (κ1) is 21.8. The van der Waals surface area contributed by atoms with Gasteiger partial charge in [0.25, 0.3) is 5.91 Å². The summed E-state index contributed by atoms with van der Waals surface area (Å²) in [7, 11) is 0. The van der Waals surface area contributed by atoms with Crippen LogP contribution in [0.15, 0.2) is 18.2 Å². The molecule has 3 rings (SSSR count). The summed E-state index contributed by atoms with van der Waals surface area (Å²) in [6.07, 6.45) is 0.272. The predicted octanol–water partition coefficient (Wildman–Crippen LogP) is 2.11. The van der Waals surface area contributed by atoms with Crippen LogP contribution in [-0.2, 0) is 14.3 Å². The van der Waals surface area contributed by atoms with Crippen LogP contribution in [0.4, 0.5) is 0 Å². The van der Waals surface area contributed by atoms with Gasteiger partial charge in [0.05, 0.1) is 32.0 Å². The smallest absolute Gasteiger partial charge is 0.260 e. The van der Waals surface area contributed by atoms with Crippen LogP contribution in [0.25, 0.3) is 0 Å². The third-order valence-corrected chi connectivity index (χ3v) is 5.41. The molecule has 0 bridgehead atoms. The van der Waals surface area contributed by atoms with E-state index in [-0.39, 0.29) is 24.7 Å². The first-order chi connectivity index (χ1) is 14.0. The van der Waals surface area contributed by atoms with Crippen molar-refractivity contribution in [1.29, 1.82) is 0 Å². The van der Waals surface area contributed by atoms with E-state index >= 15 is 0 Å². The van der Waals surface area contributed by atoms with Gasteiger partial charge in [-0.1, -0.05) is 12.2 Å². The first-order valence-electron chi connectivity index (χ1n) is 10.2. The number of hydrogen-bond acceptors (Lipinski definition) is 6. The lowest BCUT2D eigenvalue weighted by molar-refractivity contribution is -0.137. The molecule has 29 heavy (non-hydrogen) atoms. The molecule has 7 nitrogen and oxygen atoms in total. The van der Waals surface area contributed by atoms with E-state index in [1.54, 1.807) is 4.90 Å². The molecule has 1 amide bonds. The van der Waals surface area contributed by atoms with Gasteiger partial charge in [0.1, 0.15) is 4.99 Å². The van der Waals surface area contributed by atoms with Crippen molar-refractivity contribution in [2.75, 3.05) is 52.6 Å². The number of rotatable bonds is 6. The Morgan fingerprint density at radius 1 is 1.10 bits per heavy atom. The topological polar surface area (TPSA) is 60.5 Å². The molecule has 2 heterocycles. The number of carbonyl (C=O) groups is 1. The first-order valence-corrected chi connectivity index (χ1v) is 10.6. The zero-order valence-corrected chi connectivity index (χ0v) is 18.2. The maximum atomic E-state index is 12.3. The van der Waals surface area contributed by atoms with Gasteiger partial charge in [0.2, 0.25) is 0 Å². The third-order valence-electron chi connectivity index (χ3n) is 4.91. The molecule has 2 saturated heterocycles. The highest BCUT2D eigenvalue weighted by Gasteiger charge is 2.25. The van der Waals surface area contributed by atoms with Crippen LogP contribution in [0.1, 0.15) is 26.3 Å². The Morgan fingerprint density at radius 2 is 1.79 bits per heavy atom. The molecule has 0 aromatic heterocycles.